The summed E-state index contributed by atoms with van der Waals surface area (Å²) in [6.45, 7) is 2.48. The molecule has 0 aromatic heterocycles. The topological polar surface area (TPSA) is 58.4 Å². The molecule has 1 aliphatic heterocycles. The van der Waals surface area contributed by atoms with Crippen molar-refractivity contribution in [2.75, 3.05) is 18.0 Å². The van der Waals surface area contributed by atoms with Crippen molar-refractivity contribution in [1.82, 2.24) is 5.32 Å². The fraction of sp³-hybridized carbons (Fsp3) is 0.462. The van der Waals surface area contributed by atoms with Gasteiger partial charge < -0.3 is 16.0 Å². The minimum absolute atomic E-state index is 0.0193. The van der Waals surface area contributed by atoms with Crippen molar-refractivity contribution < 1.29 is 13.6 Å². The Morgan fingerprint density at radius 3 is 2.84 bits per heavy atom. The van der Waals surface area contributed by atoms with Crippen molar-refractivity contribution >= 4 is 11.6 Å². The van der Waals surface area contributed by atoms with Crippen LogP contribution in [-0.4, -0.2) is 25.0 Å². The molecule has 1 aromatic carbocycles. The fourth-order valence-electron chi connectivity index (χ4n) is 2.37. The standard InChI is InChI=1S/C13H17F2N3O/c1-8(19)17-10-4-5-18(7-10)11-3-2-9(6-16)12(14)13(11)15/h2-3,10H,4-7,16H2,1H3,(H,17,19). The monoisotopic (exact) mass is 269 g/mol. The van der Waals surface area contributed by atoms with E-state index >= 15 is 0 Å². The summed E-state index contributed by atoms with van der Waals surface area (Å²) in [5.74, 6) is -1.87. The summed E-state index contributed by atoms with van der Waals surface area (Å²) in [7, 11) is 0. The molecule has 0 radical (unpaired) electrons. The zero-order valence-electron chi connectivity index (χ0n) is 10.7. The molecule has 104 valence electrons. The normalized spacial score (nSPS) is 18.7. The molecule has 1 atom stereocenters. The summed E-state index contributed by atoms with van der Waals surface area (Å²) in [6.07, 6.45) is 0.722. The summed E-state index contributed by atoms with van der Waals surface area (Å²) in [4.78, 5) is 12.7. The van der Waals surface area contributed by atoms with E-state index in [1.54, 1.807) is 4.90 Å². The van der Waals surface area contributed by atoms with Gasteiger partial charge in [-0.1, -0.05) is 6.07 Å². The molecule has 19 heavy (non-hydrogen) atoms. The molecule has 4 nitrogen and oxygen atoms in total. The van der Waals surface area contributed by atoms with Crippen LogP contribution in [0.4, 0.5) is 14.5 Å². The zero-order chi connectivity index (χ0) is 14.0. The molecule has 0 spiro atoms. The van der Waals surface area contributed by atoms with Gasteiger partial charge in [-0.3, -0.25) is 4.79 Å². The molecular formula is C13H17F2N3O. The average molecular weight is 269 g/mol. The van der Waals surface area contributed by atoms with Crippen molar-refractivity contribution in [2.24, 2.45) is 5.73 Å². The molecule has 3 N–H and O–H groups in total. The summed E-state index contributed by atoms with van der Waals surface area (Å²) >= 11 is 0. The van der Waals surface area contributed by atoms with E-state index in [4.69, 9.17) is 5.73 Å². The molecule has 1 fully saturated rings. The largest absolute Gasteiger partial charge is 0.367 e. The van der Waals surface area contributed by atoms with Gasteiger partial charge in [0, 0.05) is 38.2 Å². The van der Waals surface area contributed by atoms with Crippen LogP contribution in [0.2, 0.25) is 0 Å². The molecule has 0 saturated carbocycles. The lowest BCUT2D eigenvalue weighted by Crippen LogP contribution is -2.35. The maximum atomic E-state index is 13.9. The van der Waals surface area contributed by atoms with E-state index in [0.717, 1.165) is 6.42 Å². The first-order chi connectivity index (χ1) is 9.02. The molecular weight excluding hydrogens is 252 g/mol. The van der Waals surface area contributed by atoms with Crippen LogP contribution in [0.3, 0.4) is 0 Å². The Morgan fingerprint density at radius 2 is 2.21 bits per heavy atom. The van der Waals surface area contributed by atoms with Gasteiger partial charge >= 0.3 is 0 Å². The number of rotatable bonds is 3. The van der Waals surface area contributed by atoms with Crippen molar-refractivity contribution in [1.29, 1.82) is 0 Å². The molecule has 1 aliphatic rings. The van der Waals surface area contributed by atoms with Crippen LogP contribution in [0.25, 0.3) is 0 Å². The van der Waals surface area contributed by atoms with Crippen molar-refractivity contribution in [2.45, 2.75) is 25.9 Å². The van der Waals surface area contributed by atoms with Crippen LogP contribution < -0.4 is 16.0 Å². The van der Waals surface area contributed by atoms with Gasteiger partial charge in [0.05, 0.1) is 5.69 Å². The molecule has 0 aliphatic carbocycles. The number of carbonyl (C=O) groups is 1. The third-order valence-electron chi connectivity index (χ3n) is 3.30. The Balaban J connectivity index is 2.16. The molecule has 0 bridgehead atoms. The first kappa shape index (κ1) is 13.7. The highest BCUT2D eigenvalue weighted by Crippen LogP contribution is 2.27. The summed E-state index contributed by atoms with van der Waals surface area (Å²) < 4.78 is 27.6. The Labute approximate surface area is 110 Å². The molecule has 1 heterocycles. The predicted molar refractivity (Wildman–Crippen MR) is 68.7 cm³/mol. The SMILES string of the molecule is CC(=O)NC1CCN(c2ccc(CN)c(F)c2F)C1. The average Bonchev–Trinajstić information content (AvgIpc) is 2.80. The molecule has 1 unspecified atom stereocenters. The van der Waals surface area contributed by atoms with E-state index in [9.17, 15) is 13.6 Å². The Morgan fingerprint density at radius 1 is 1.47 bits per heavy atom. The quantitative estimate of drug-likeness (QED) is 0.865. The van der Waals surface area contributed by atoms with Crippen LogP contribution in [0.15, 0.2) is 12.1 Å². The number of hydrogen-bond acceptors (Lipinski definition) is 3. The number of nitrogens with zero attached hydrogens (tertiary/aromatic N) is 1. The van der Waals surface area contributed by atoms with Crippen LogP contribution in [0.1, 0.15) is 18.9 Å². The first-order valence-electron chi connectivity index (χ1n) is 6.22. The minimum Gasteiger partial charge on any atom is -0.367 e. The number of nitrogens with two attached hydrogens (primary N) is 1. The molecule has 2 rings (SSSR count). The lowest BCUT2D eigenvalue weighted by Gasteiger charge is -2.20. The number of halogens is 2. The second-order valence-corrected chi connectivity index (χ2v) is 4.71. The number of amides is 1. The molecule has 1 saturated heterocycles. The zero-order valence-corrected chi connectivity index (χ0v) is 10.7. The summed E-state index contributed by atoms with van der Waals surface area (Å²) in [6, 6.07) is 3.02. The van der Waals surface area contributed by atoms with Gasteiger partial charge in [-0.05, 0) is 12.5 Å². The Hall–Kier alpha value is -1.69. The highest BCUT2D eigenvalue weighted by molar-refractivity contribution is 5.73. The molecule has 6 heteroatoms. The second kappa shape index (κ2) is 5.52. The Kier molecular flexibility index (Phi) is 3.99. The van der Waals surface area contributed by atoms with Crippen LogP contribution in [0, 0.1) is 11.6 Å². The number of anilines is 1. The van der Waals surface area contributed by atoms with Gasteiger partial charge in [0.1, 0.15) is 0 Å². The van der Waals surface area contributed by atoms with Gasteiger partial charge in [-0.25, -0.2) is 8.78 Å². The summed E-state index contributed by atoms with van der Waals surface area (Å²) in [5.41, 5.74) is 5.72. The van der Waals surface area contributed by atoms with Gasteiger partial charge in [-0.2, -0.15) is 0 Å². The fourth-order valence-corrected chi connectivity index (χ4v) is 2.37. The van der Waals surface area contributed by atoms with Crippen molar-refractivity contribution in [3.8, 4) is 0 Å². The van der Waals surface area contributed by atoms with E-state index in [0.29, 0.717) is 13.1 Å². The number of benzene rings is 1. The highest BCUT2D eigenvalue weighted by Gasteiger charge is 2.26. The first-order valence-corrected chi connectivity index (χ1v) is 6.22. The maximum Gasteiger partial charge on any atom is 0.217 e. The van der Waals surface area contributed by atoms with Crippen LogP contribution >= 0.6 is 0 Å². The minimum atomic E-state index is -0.886. The van der Waals surface area contributed by atoms with Crippen molar-refractivity contribution in [3.05, 3.63) is 29.3 Å². The van der Waals surface area contributed by atoms with E-state index in [-0.39, 0.29) is 29.7 Å². The smallest absolute Gasteiger partial charge is 0.217 e. The lowest BCUT2D eigenvalue weighted by molar-refractivity contribution is -0.119. The maximum absolute atomic E-state index is 13.9. The Bertz CT molecular complexity index is 493. The number of carbonyl (C=O) groups excluding carboxylic acids is 1. The van der Waals surface area contributed by atoms with Crippen molar-refractivity contribution in [3.63, 3.8) is 0 Å². The lowest BCUT2D eigenvalue weighted by atomic mass is 10.1. The molecule has 1 aromatic rings. The third-order valence-corrected chi connectivity index (χ3v) is 3.30. The van der Waals surface area contributed by atoms with Crippen LogP contribution in [0.5, 0.6) is 0 Å². The van der Waals surface area contributed by atoms with E-state index < -0.39 is 11.6 Å². The van der Waals surface area contributed by atoms with Gasteiger partial charge in [0.15, 0.2) is 11.6 Å². The van der Waals surface area contributed by atoms with Crippen LogP contribution in [-0.2, 0) is 11.3 Å². The number of nitrogens with one attached hydrogen (secondary N) is 1. The summed E-state index contributed by atoms with van der Waals surface area (Å²) in [5, 5.41) is 2.78. The highest BCUT2D eigenvalue weighted by atomic mass is 19.2. The van der Waals surface area contributed by atoms with E-state index in [2.05, 4.69) is 5.32 Å². The third kappa shape index (κ3) is 2.84. The predicted octanol–water partition coefficient (Wildman–Crippen LogP) is 1.14. The van der Waals surface area contributed by atoms with E-state index in [1.807, 2.05) is 0 Å². The van der Waals surface area contributed by atoms with Gasteiger partial charge in [-0.15, -0.1) is 0 Å². The molecule has 1 amide bonds. The van der Waals surface area contributed by atoms with E-state index in [1.165, 1.54) is 19.1 Å². The van der Waals surface area contributed by atoms with Gasteiger partial charge in [0.2, 0.25) is 5.91 Å². The number of hydrogen-bond donors (Lipinski definition) is 2. The van der Waals surface area contributed by atoms with Gasteiger partial charge in [0.25, 0.3) is 0 Å². The second-order valence-electron chi connectivity index (χ2n) is 4.71.